The van der Waals surface area contributed by atoms with E-state index in [4.69, 9.17) is 4.74 Å². The first kappa shape index (κ1) is 20.7. The third-order valence-electron chi connectivity index (χ3n) is 5.04. The van der Waals surface area contributed by atoms with Crippen LogP contribution in [-0.4, -0.2) is 63.0 Å². The van der Waals surface area contributed by atoms with Crippen LogP contribution in [0.5, 0.6) is 5.75 Å². The molecule has 4 rings (SSSR count). The number of hydrogen-bond donors (Lipinski definition) is 0. The van der Waals surface area contributed by atoms with E-state index in [1.807, 2.05) is 66.4 Å². The Balaban J connectivity index is 1.57. The Hall–Kier alpha value is -2.52. The van der Waals surface area contributed by atoms with Crippen LogP contribution in [0.1, 0.15) is 0 Å². The zero-order chi connectivity index (χ0) is 21.3. The summed E-state index contributed by atoms with van der Waals surface area (Å²) >= 11 is 1.36. The predicted octanol–water partition coefficient (Wildman–Crippen LogP) is 2.43. The first-order chi connectivity index (χ1) is 14.3. The summed E-state index contributed by atoms with van der Waals surface area (Å²) in [4.78, 5) is 20.6. The topological polar surface area (TPSA) is 79.3 Å². The van der Waals surface area contributed by atoms with Crippen LogP contribution in [-0.2, 0) is 14.6 Å². The first-order valence-electron chi connectivity index (χ1n) is 9.55. The van der Waals surface area contributed by atoms with Crippen LogP contribution in [0.2, 0.25) is 0 Å². The van der Waals surface area contributed by atoms with E-state index in [1.54, 1.807) is 12.1 Å². The second-order valence-corrected chi connectivity index (χ2v) is 10.8. The lowest BCUT2D eigenvalue weighted by Crippen LogP contribution is -2.37. The smallest absolute Gasteiger partial charge is 0.285 e. The molecule has 2 saturated heterocycles. The summed E-state index contributed by atoms with van der Waals surface area (Å²) in [5.41, 5.74) is 1.86. The number of benzene rings is 2. The maximum atomic E-state index is 12.5. The standard InChI is InChI=1S/C21H23N3O4S2/c1-23(2)15-8-10-16(11-9-15)24-18-13-30(26,27)14-19(18)29-21(24)22-20(25)12-28-17-6-4-3-5-7-17/h3-11,18-19H,12-14H2,1-2H3/t18-,19+/m0/s1. The van der Waals surface area contributed by atoms with Crippen molar-refractivity contribution in [2.45, 2.75) is 11.3 Å². The number of sulfone groups is 1. The van der Waals surface area contributed by atoms with Crippen molar-refractivity contribution in [2.75, 3.05) is 42.0 Å². The number of aliphatic imine (C=N–C) groups is 1. The van der Waals surface area contributed by atoms with Crippen LogP contribution in [0, 0.1) is 0 Å². The molecule has 0 bridgehead atoms. The van der Waals surface area contributed by atoms with Crippen LogP contribution in [0.25, 0.3) is 0 Å². The van der Waals surface area contributed by atoms with Gasteiger partial charge in [-0.25, -0.2) is 8.42 Å². The van der Waals surface area contributed by atoms with Crippen molar-refractivity contribution < 1.29 is 17.9 Å². The summed E-state index contributed by atoms with van der Waals surface area (Å²) in [6.45, 7) is -0.172. The number of hydrogen-bond acceptors (Lipinski definition) is 6. The minimum atomic E-state index is -3.10. The number of rotatable bonds is 5. The van der Waals surface area contributed by atoms with Gasteiger partial charge in [-0.2, -0.15) is 4.99 Å². The number of amidine groups is 1. The van der Waals surface area contributed by atoms with Crippen molar-refractivity contribution >= 4 is 44.0 Å². The van der Waals surface area contributed by atoms with Gasteiger partial charge in [-0.3, -0.25) is 4.79 Å². The highest BCUT2D eigenvalue weighted by molar-refractivity contribution is 8.16. The van der Waals surface area contributed by atoms with Gasteiger partial charge < -0.3 is 14.5 Å². The molecule has 2 fully saturated rings. The van der Waals surface area contributed by atoms with Crippen molar-refractivity contribution in [3.63, 3.8) is 0 Å². The molecule has 0 spiro atoms. The van der Waals surface area contributed by atoms with Gasteiger partial charge in [0.1, 0.15) is 5.75 Å². The van der Waals surface area contributed by atoms with E-state index in [9.17, 15) is 13.2 Å². The highest BCUT2D eigenvalue weighted by atomic mass is 32.2. The molecule has 0 N–H and O–H groups in total. The summed E-state index contributed by atoms with van der Waals surface area (Å²) in [6, 6.07) is 16.7. The molecule has 0 aromatic heterocycles. The second-order valence-electron chi connectivity index (χ2n) is 7.47. The van der Waals surface area contributed by atoms with Crippen molar-refractivity contribution in [2.24, 2.45) is 4.99 Å². The maximum absolute atomic E-state index is 12.5. The minimum absolute atomic E-state index is 0.0633. The SMILES string of the molecule is CN(C)c1ccc(N2C(=NC(=O)COc3ccccc3)S[C@@H]3CS(=O)(=O)C[C@@H]32)cc1. The lowest BCUT2D eigenvalue weighted by atomic mass is 10.2. The molecule has 158 valence electrons. The molecule has 2 aliphatic rings. The number of carbonyl (C=O) groups excluding carboxylic acids is 1. The van der Waals surface area contributed by atoms with E-state index >= 15 is 0 Å². The molecular formula is C21H23N3O4S2. The van der Waals surface area contributed by atoms with Gasteiger partial charge in [-0.05, 0) is 36.4 Å². The molecule has 2 atom stereocenters. The van der Waals surface area contributed by atoms with Crippen LogP contribution < -0.4 is 14.5 Å². The Morgan fingerprint density at radius 1 is 1.13 bits per heavy atom. The van der Waals surface area contributed by atoms with Crippen LogP contribution in [0.3, 0.4) is 0 Å². The molecule has 0 aliphatic carbocycles. The molecule has 9 heteroatoms. The predicted molar refractivity (Wildman–Crippen MR) is 121 cm³/mol. The lowest BCUT2D eigenvalue weighted by molar-refractivity contribution is -0.119. The van der Waals surface area contributed by atoms with E-state index in [1.165, 1.54) is 11.8 Å². The van der Waals surface area contributed by atoms with Crippen LogP contribution >= 0.6 is 11.8 Å². The second kappa shape index (κ2) is 8.31. The maximum Gasteiger partial charge on any atom is 0.285 e. The van der Waals surface area contributed by atoms with E-state index in [2.05, 4.69) is 4.99 Å². The lowest BCUT2D eigenvalue weighted by Gasteiger charge is -2.25. The fraction of sp³-hybridized carbons (Fsp3) is 0.333. The molecule has 0 radical (unpaired) electrons. The molecule has 0 unspecified atom stereocenters. The van der Waals surface area contributed by atoms with E-state index in [-0.39, 0.29) is 29.4 Å². The molecule has 2 heterocycles. The number of fused-ring (bicyclic) bond motifs is 1. The monoisotopic (exact) mass is 445 g/mol. The Labute approximate surface area is 180 Å². The van der Waals surface area contributed by atoms with Gasteiger partial charge in [0.05, 0.1) is 17.5 Å². The zero-order valence-electron chi connectivity index (χ0n) is 16.8. The van der Waals surface area contributed by atoms with E-state index in [0.717, 1.165) is 11.4 Å². The van der Waals surface area contributed by atoms with Crippen LogP contribution in [0.4, 0.5) is 11.4 Å². The average molecular weight is 446 g/mol. The summed E-state index contributed by atoms with van der Waals surface area (Å²) < 4.78 is 29.9. The van der Waals surface area contributed by atoms with E-state index in [0.29, 0.717) is 10.9 Å². The quantitative estimate of drug-likeness (QED) is 0.699. The number of para-hydroxylation sites is 1. The van der Waals surface area contributed by atoms with Crippen molar-refractivity contribution in [3.8, 4) is 5.75 Å². The van der Waals surface area contributed by atoms with Gasteiger partial charge in [-0.15, -0.1) is 0 Å². The average Bonchev–Trinajstić information content (AvgIpc) is 3.18. The number of ether oxygens (including phenoxy) is 1. The summed E-state index contributed by atoms with van der Waals surface area (Å²) in [6.07, 6.45) is 0. The number of amides is 1. The number of thioether (sulfide) groups is 1. The van der Waals surface area contributed by atoms with Gasteiger partial charge in [0, 0.05) is 30.7 Å². The van der Waals surface area contributed by atoms with Crippen molar-refractivity contribution in [3.05, 3.63) is 54.6 Å². The summed E-state index contributed by atoms with van der Waals surface area (Å²) in [5, 5.41) is 0.393. The molecule has 7 nitrogen and oxygen atoms in total. The molecule has 2 aromatic carbocycles. The summed E-state index contributed by atoms with van der Waals surface area (Å²) in [7, 11) is 0.812. The summed E-state index contributed by atoms with van der Waals surface area (Å²) in [5.74, 6) is 0.360. The number of carbonyl (C=O) groups is 1. The number of nitrogens with zero attached hydrogens (tertiary/aromatic N) is 3. The van der Waals surface area contributed by atoms with Gasteiger partial charge in [0.2, 0.25) is 0 Å². The number of anilines is 2. The highest BCUT2D eigenvalue weighted by Crippen LogP contribution is 2.41. The zero-order valence-corrected chi connectivity index (χ0v) is 18.4. The largest absolute Gasteiger partial charge is 0.484 e. The van der Waals surface area contributed by atoms with Crippen molar-refractivity contribution in [1.82, 2.24) is 0 Å². The Morgan fingerprint density at radius 3 is 2.50 bits per heavy atom. The fourth-order valence-electron chi connectivity index (χ4n) is 3.58. The molecule has 1 amide bonds. The molecular weight excluding hydrogens is 422 g/mol. The van der Waals surface area contributed by atoms with Crippen molar-refractivity contribution in [1.29, 1.82) is 0 Å². The van der Waals surface area contributed by atoms with Crippen LogP contribution in [0.15, 0.2) is 59.6 Å². The molecule has 2 aromatic rings. The Bertz CT molecular complexity index is 1050. The van der Waals surface area contributed by atoms with Gasteiger partial charge in [0.25, 0.3) is 5.91 Å². The molecule has 2 aliphatic heterocycles. The van der Waals surface area contributed by atoms with Gasteiger partial charge >= 0.3 is 0 Å². The fourth-order valence-corrected chi connectivity index (χ4v) is 7.51. The molecule has 30 heavy (non-hydrogen) atoms. The molecule has 0 saturated carbocycles. The normalized spacial score (nSPS) is 23.4. The minimum Gasteiger partial charge on any atom is -0.484 e. The third-order valence-corrected chi connectivity index (χ3v) is 8.25. The Kier molecular flexibility index (Phi) is 5.75. The highest BCUT2D eigenvalue weighted by Gasteiger charge is 2.49. The van der Waals surface area contributed by atoms with Gasteiger partial charge in [0.15, 0.2) is 21.6 Å². The van der Waals surface area contributed by atoms with Gasteiger partial charge in [-0.1, -0.05) is 30.0 Å². The third kappa shape index (κ3) is 4.46. The Morgan fingerprint density at radius 2 is 1.83 bits per heavy atom. The first-order valence-corrected chi connectivity index (χ1v) is 12.3. The van der Waals surface area contributed by atoms with E-state index < -0.39 is 15.7 Å².